The van der Waals surface area contributed by atoms with Gasteiger partial charge in [0, 0.05) is 19.3 Å². The minimum Gasteiger partial charge on any atom is -0.293 e. The third-order valence-electron chi connectivity index (χ3n) is 5.85. The number of aromatic nitrogens is 4. The van der Waals surface area contributed by atoms with E-state index in [2.05, 4.69) is 4.98 Å². The third-order valence-corrected chi connectivity index (χ3v) is 7.21. The Morgan fingerprint density at radius 2 is 1.67 bits per heavy atom. The van der Waals surface area contributed by atoms with E-state index in [-0.39, 0.29) is 22.5 Å². The van der Waals surface area contributed by atoms with Crippen LogP contribution in [0.2, 0.25) is 0 Å². The van der Waals surface area contributed by atoms with Gasteiger partial charge in [-0.05, 0) is 44.5 Å². The van der Waals surface area contributed by atoms with Gasteiger partial charge < -0.3 is 0 Å². The maximum atomic E-state index is 13.6. The number of carbonyl (C=O) groups excluding carboxylic acids is 1. The third kappa shape index (κ3) is 3.95. The normalized spacial score (nSPS) is 12.2. The summed E-state index contributed by atoms with van der Waals surface area (Å²) in [4.78, 5) is 44.6. The van der Waals surface area contributed by atoms with Gasteiger partial charge in [-0.3, -0.25) is 23.6 Å². The predicted molar refractivity (Wildman–Crippen MR) is 132 cm³/mol. The molecule has 0 fully saturated rings. The minimum atomic E-state index is -0.547. The molecular weight excluding hydrogens is 436 g/mol. The summed E-state index contributed by atoms with van der Waals surface area (Å²) in [6.45, 7) is 6.00. The Hall–Kier alpha value is -3.39. The van der Waals surface area contributed by atoms with Gasteiger partial charge in [0.25, 0.3) is 11.1 Å². The average Bonchev–Trinajstić information content (AvgIpc) is 3.05. The number of para-hydroxylation sites is 2. The van der Waals surface area contributed by atoms with E-state index >= 15 is 0 Å². The van der Waals surface area contributed by atoms with Gasteiger partial charge in [0.05, 0.1) is 21.8 Å². The van der Waals surface area contributed by atoms with Crippen LogP contribution < -0.4 is 11.1 Å². The summed E-state index contributed by atoms with van der Waals surface area (Å²) in [6, 6.07) is 16.5. The fourth-order valence-corrected chi connectivity index (χ4v) is 5.12. The first-order valence-electron chi connectivity index (χ1n) is 10.9. The Morgan fingerprint density at radius 1 is 1.00 bits per heavy atom. The molecule has 0 spiro atoms. The molecule has 33 heavy (non-hydrogen) atoms. The number of fused-ring (bicyclic) bond motifs is 1. The molecule has 1 unspecified atom stereocenters. The zero-order valence-corrected chi connectivity index (χ0v) is 19.9. The topological polar surface area (TPSA) is 78.9 Å². The van der Waals surface area contributed by atoms with Crippen LogP contribution in [0, 0.1) is 6.92 Å². The Morgan fingerprint density at radius 3 is 2.33 bits per heavy atom. The van der Waals surface area contributed by atoms with E-state index in [1.54, 1.807) is 35.4 Å². The lowest BCUT2D eigenvalue weighted by Gasteiger charge is -2.16. The van der Waals surface area contributed by atoms with Gasteiger partial charge in [0.1, 0.15) is 5.56 Å². The van der Waals surface area contributed by atoms with Crippen LogP contribution in [0.3, 0.4) is 0 Å². The van der Waals surface area contributed by atoms with Gasteiger partial charge >= 0.3 is 0 Å². The molecule has 0 N–H and O–H groups in total. The lowest BCUT2D eigenvalue weighted by molar-refractivity contribution is 0.0986. The first kappa shape index (κ1) is 22.8. The van der Waals surface area contributed by atoms with Gasteiger partial charge in [-0.2, -0.15) is 0 Å². The fourth-order valence-electron chi connectivity index (χ4n) is 3.98. The fraction of sp³-hybridized carbons (Fsp3) is 0.280. The smallest absolute Gasteiger partial charge is 0.282 e. The maximum absolute atomic E-state index is 13.6. The molecule has 0 bridgehead atoms. The van der Waals surface area contributed by atoms with Crippen molar-refractivity contribution >= 4 is 28.4 Å². The molecule has 1 atom stereocenters. The SMILES string of the molecule is CCC(Sc1nc2ccccc2c(=O)n1CC)C(=O)c1c(C)n(C)n(-c2ccccc2)c1=O. The summed E-state index contributed by atoms with van der Waals surface area (Å²) in [5.74, 6) is -0.250. The van der Waals surface area contributed by atoms with Crippen molar-refractivity contribution in [1.29, 1.82) is 0 Å². The molecule has 0 radical (unpaired) electrons. The molecule has 2 aromatic carbocycles. The minimum absolute atomic E-state index is 0.129. The highest BCUT2D eigenvalue weighted by Crippen LogP contribution is 2.28. The van der Waals surface area contributed by atoms with Gasteiger partial charge in [0.15, 0.2) is 10.9 Å². The van der Waals surface area contributed by atoms with Crippen LogP contribution in [0.1, 0.15) is 36.3 Å². The van der Waals surface area contributed by atoms with Gasteiger partial charge in [-0.1, -0.05) is 49.0 Å². The quantitative estimate of drug-likeness (QED) is 0.236. The van der Waals surface area contributed by atoms with Crippen LogP contribution in [0.15, 0.2) is 69.3 Å². The molecule has 4 rings (SSSR count). The number of benzene rings is 2. The van der Waals surface area contributed by atoms with Crippen molar-refractivity contribution in [2.24, 2.45) is 7.05 Å². The molecule has 2 heterocycles. The molecular formula is C25H26N4O3S. The molecule has 0 aliphatic rings. The molecule has 0 saturated heterocycles. The average molecular weight is 463 g/mol. The van der Waals surface area contributed by atoms with Gasteiger partial charge in [-0.25, -0.2) is 9.67 Å². The largest absolute Gasteiger partial charge is 0.293 e. The van der Waals surface area contributed by atoms with Gasteiger partial charge in [0.2, 0.25) is 0 Å². The van der Waals surface area contributed by atoms with Crippen molar-refractivity contribution in [2.75, 3.05) is 0 Å². The zero-order valence-electron chi connectivity index (χ0n) is 19.1. The highest BCUT2D eigenvalue weighted by molar-refractivity contribution is 8.00. The molecule has 0 aliphatic carbocycles. The standard InChI is InChI=1S/C25H26N4O3S/c1-5-20(33-25-26-19-15-11-10-14-18(19)23(31)28(25)6-2)22(30)21-16(3)27(4)29(24(21)32)17-12-8-7-9-13-17/h7-15,20H,5-6H2,1-4H3. The van der Waals surface area contributed by atoms with Crippen molar-refractivity contribution in [3.8, 4) is 5.69 Å². The summed E-state index contributed by atoms with van der Waals surface area (Å²) in [7, 11) is 1.77. The molecule has 0 aliphatic heterocycles. The first-order chi connectivity index (χ1) is 15.9. The number of thioether (sulfide) groups is 1. The number of Topliss-reactive ketones (excluding diaryl/α,β-unsaturated/α-hetero) is 1. The second-order valence-corrected chi connectivity index (χ2v) is 8.95. The van der Waals surface area contributed by atoms with Crippen LogP contribution in [0.4, 0.5) is 0 Å². The van der Waals surface area contributed by atoms with Crippen molar-refractivity contribution in [2.45, 2.75) is 44.1 Å². The van der Waals surface area contributed by atoms with Crippen LogP contribution in [-0.4, -0.2) is 29.9 Å². The van der Waals surface area contributed by atoms with Crippen LogP contribution in [-0.2, 0) is 13.6 Å². The number of ketones is 1. The summed E-state index contributed by atoms with van der Waals surface area (Å²) in [6.07, 6.45) is 0.495. The highest BCUT2D eigenvalue weighted by atomic mass is 32.2. The lowest BCUT2D eigenvalue weighted by Crippen LogP contribution is -2.28. The Bertz CT molecular complexity index is 1450. The van der Waals surface area contributed by atoms with Gasteiger partial charge in [-0.15, -0.1) is 0 Å². The summed E-state index contributed by atoms with van der Waals surface area (Å²) in [5, 5.41) is 0.486. The highest BCUT2D eigenvalue weighted by Gasteiger charge is 2.29. The maximum Gasteiger partial charge on any atom is 0.282 e. The number of carbonyl (C=O) groups is 1. The molecule has 7 nitrogen and oxygen atoms in total. The van der Waals surface area contributed by atoms with Crippen LogP contribution >= 0.6 is 11.8 Å². The van der Waals surface area contributed by atoms with Crippen molar-refractivity contribution in [3.05, 3.63) is 86.6 Å². The molecule has 0 amide bonds. The molecule has 8 heteroatoms. The van der Waals surface area contributed by atoms with Crippen LogP contribution in [0.5, 0.6) is 0 Å². The Labute approximate surface area is 195 Å². The Balaban J connectivity index is 1.77. The second-order valence-electron chi connectivity index (χ2n) is 7.78. The number of nitrogens with zero attached hydrogens (tertiary/aromatic N) is 4. The van der Waals surface area contributed by atoms with Crippen LogP contribution in [0.25, 0.3) is 16.6 Å². The van der Waals surface area contributed by atoms with E-state index in [0.29, 0.717) is 40.4 Å². The second kappa shape index (κ2) is 9.23. The molecule has 2 aromatic heterocycles. The number of hydrogen-bond donors (Lipinski definition) is 0. The predicted octanol–water partition coefficient (Wildman–Crippen LogP) is 3.97. The zero-order chi connectivity index (χ0) is 23.7. The molecule has 0 saturated carbocycles. The summed E-state index contributed by atoms with van der Waals surface area (Å²) in [5.41, 5.74) is 1.60. The van der Waals surface area contributed by atoms with Crippen molar-refractivity contribution in [1.82, 2.24) is 18.9 Å². The first-order valence-corrected chi connectivity index (χ1v) is 11.8. The molecule has 4 aromatic rings. The van der Waals surface area contributed by atoms with E-state index in [1.165, 1.54) is 16.4 Å². The van der Waals surface area contributed by atoms with E-state index in [1.807, 2.05) is 56.3 Å². The molecule has 170 valence electrons. The monoisotopic (exact) mass is 462 g/mol. The van der Waals surface area contributed by atoms with E-state index in [9.17, 15) is 14.4 Å². The summed E-state index contributed by atoms with van der Waals surface area (Å²) >= 11 is 1.25. The van der Waals surface area contributed by atoms with Crippen molar-refractivity contribution in [3.63, 3.8) is 0 Å². The number of rotatable bonds is 7. The number of hydrogen-bond acceptors (Lipinski definition) is 5. The van der Waals surface area contributed by atoms with Crippen molar-refractivity contribution < 1.29 is 4.79 Å². The van der Waals surface area contributed by atoms with E-state index < -0.39 is 5.25 Å². The van der Waals surface area contributed by atoms with E-state index in [0.717, 1.165) is 0 Å². The Kier molecular flexibility index (Phi) is 6.37. The van der Waals surface area contributed by atoms with E-state index in [4.69, 9.17) is 0 Å². The lowest BCUT2D eigenvalue weighted by atomic mass is 10.1. The summed E-state index contributed by atoms with van der Waals surface area (Å²) < 4.78 is 4.80.